The average molecular weight is 292 g/mol. The van der Waals surface area contributed by atoms with Gasteiger partial charge in [0.25, 0.3) is 0 Å². The van der Waals surface area contributed by atoms with Crippen molar-refractivity contribution < 1.29 is 14.3 Å². The molecule has 1 saturated heterocycles. The third-order valence-electron chi connectivity index (χ3n) is 4.01. The Bertz CT molecular complexity index is 478. The number of carbonyl (C=O) groups excluding carboxylic acids is 1. The molecule has 116 valence electrons. The molecule has 1 amide bonds. The Balaban J connectivity index is 1.87. The van der Waals surface area contributed by atoms with E-state index in [0.717, 1.165) is 30.7 Å². The fraction of sp³-hybridized carbons (Fsp3) is 0.562. The summed E-state index contributed by atoms with van der Waals surface area (Å²) in [4.78, 5) is 14.1. The predicted octanol–water partition coefficient (Wildman–Crippen LogP) is 1.07. The lowest BCUT2D eigenvalue weighted by molar-refractivity contribution is -0.131. The molecule has 5 heteroatoms. The van der Waals surface area contributed by atoms with Gasteiger partial charge in [0.15, 0.2) is 0 Å². The summed E-state index contributed by atoms with van der Waals surface area (Å²) >= 11 is 0. The van der Waals surface area contributed by atoms with Crippen LogP contribution in [0.4, 0.5) is 0 Å². The summed E-state index contributed by atoms with van der Waals surface area (Å²) in [7, 11) is 5.20. The summed E-state index contributed by atoms with van der Waals surface area (Å²) in [6, 6.07) is 7.79. The first-order valence-electron chi connectivity index (χ1n) is 7.28. The molecule has 2 atom stereocenters. The lowest BCUT2D eigenvalue weighted by Crippen LogP contribution is -2.42. The predicted molar refractivity (Wildman–Crippen MR) is 81.5 cm³/mol. The van der Waals surface area contributed by atoms with Gasteiger partial charge in [-0.15, -0.1) is 0 Å². The number of hydrogen-bond acceptors (Lipinski definition) is 4. The van der Waals surface area contributed by atoms with Crippen LogP contribution in [0, 0.1) is 0 Å². The fourth-order valence-electron chi connectivity index (χ4n) is 2.64. The van der Waals surface area contributed by atoms with Gasteiger partial charge < -0.3 is 19.7 Å². The number of methoxy groups -OCH3 is 2. The van der Waals surface area contributed by atoms with Crippen molar-refractivity contribution in [3.8, 4) is 5.75 Å². The van der Waals surface area contributed by atoms with E-state index in [1.165, 1.54) is 0 Å². The van der Waals surface area contributed by atoms with Crippen molar-refractivity contribution >= 4 is 5.91 Å². The van der Waals surface area contributed by atoms with Gasteiger partial charge in [-0.3, -0.25) is 4.79 Å². The van der Waals surface area contributed by atoms with Crippen LogP contribution in [0.15, 0.2) is 24.3 Å². The second-order valence-electron chi connectivity index (χ2n) is 5.38. The Morgan fingerprint density at radius 3 is 2.81 bits per heavy atom. The largest absolute Gasteiger partial charge is 0.496 e. The summed E-state index contributed by atoms with van der Waals surface area (Å²) in [5.74, 6) is 1.00. The van der Waals surface area contributed by atoms with E-state index in [-0.39, 0.29) is 18.1 Å². The molecular formula is C16H24N2O3. The summed E-state index contributed by atoms with van der Waals surface area (Å²) < 4.78 is 10.6. The first kappa shape index (κ1) is 15.8. The standard InChI is InChI=1S/C16H24N2O3/c1-18(16(19)14-10-13(20-2)11-17-14)9-8-12-6-4-5-7-15(12)21-3/h4-7,13-14,17H,8-11H2,1-3H3/t13-,14-/m0/s1. The molecule has 5 nitrogen and oxygen atoms in total. The van der Waals surface area contributed by atoms with Crippen molar-refractivity contribution in [2.24, 2.45) is 0 Å². The van der Waals surface area contributed by atoms with Gasteiger partial charge in [-0.05, 0) is 24.5 Å². The fourth-order valence-corrected chi connectivity index (χ4v) is 2.64. The first-order valence-corrected chi connectivity index (χ1v) is 7.28. The number of nitrogens with zero attached hydrogens (tertiary/aromatic N) is 1. The molecule has 0 unspecified atom stereocenters. The van der Waals surface area contributed by atoms with Gasteiger partial charge in [-0.25, -0.2) is 0 Å². The molecule has 1 fully saturated rings. The number of nitrogens with one attached hydrogen (secondary N) is 1. The molecule has 1 heterocycles. The Morgan fingerprint density at radius 2 is 2.14 bits per heavy atom. The van der Waals surface area contributed by atoms with Gasteiger partial charge in [-0.2, -0.15) is 0 Å². The average Bonchev–Trinajstić information content (AvgIpc) is 3.01. The van der Waals surface area contributed by atoms with E-state index in [1.807, 2.05) is 31.3 Å². The van der Waals surface area contributed by atoms with Crippen molar-refractivity contribution in [3.05, 3.63) is 29.8 Å². The van der Waals surface area contributed by atoms with Gasteiger partial charge in [-0.1, -0.05) is 18.2 Å². The van der Waals surface area contributed by atoms with Crippen LogP contribution in [0.2, 0.25) is 0 Å². The molecule has 21 heavy (non-hydrogen) atoms. The van der Waals surface area contributed by atoms with Crippen LogP contribution < -0.4 is 10.1 Å². The maximum absolute atomic E-state index is 12.4. The molecule has 0 radical (unpaired) electrons. The molecule has 1 aliphatic rings. The van der Waals surface area contributed by atoms with Crippen molar-refractivity contribution in [1.29, 1.82) is 0 Å². The Morgan fingerprint density at radius 1 is 1.38 bits per heavy atom. The van der Waals surface area contributed by atoms with Crippen LogP contribution in [0.5, 0.6) is 5.75 Å². The lowest BCUT2D eigenvalue weighted by Gasteiger charge is -2.21. The highest BCUT2D eigenvalue weighted by Gasteiger charge is 2.30. The van der Waals surface area contributed by atoms with E-state index in [4.69, 9.17) is 9.47 Å². The van der Waals surface area contributed by atoms with Crippen molar-refractivity contribution in [3.63, 3.8) is 0 Å². The number of benzene rings is 1. The topological polar surface area (TPSA) is 50.8 Å². The molecule has 1 aliphatic heterocycles. The zero-order valence-corrected chi connectivity index (χ0v) is 13.0. The van der Waals surface area contributed by atoms with Crippen LogP contribution in [-0.4, -0.2) is 57.3 Å². The number of rotatable bonds is 6. The van der Waals surface area contributed by atoms with E-state index in [0.29, 0.717) is 6.54 Å². The molecule has 0 saturated carbocycles. The van der Waals surface area contributed by atoms with Crippen molar-refractivity contribution in [2.45, 2.75) is 25.0 Å². The van der Waals surface area contributed by atoms with Crippen LogP contribution in [0.1, 0.15) is 12.0 Å². The van der Waals surface area contributed by atoms with Crippen molar-refractivity contribution in [1.82, 2.24) is 10.2 Å². The van der Waals surface area contributed by atoms with Gasteiger partial charge in [0.1, 0.15) is 5.75 Å². The van der Waals surface area contributed by atoms with E-state index < -0.39 is 0 Å². The molecule has 2 rings (SSSR count). The normalized spacial score (nSPS) is 21.3. The summed E-state index contributed by atoms with van der Waals surface area (Å²) in [6.07, 6.45) is 1.67. The van der Waals surface area contributed by atoms with Gasteiger partial charge >= 0.3 is 0 Å². The third kappa shape index (κ3) is 3.95. The molecular weight excluding hydrogens is 268 g/mol. The minimum Gasteiger partial charge on any atom is -0.496 e. The first-order chi connectivity index (χ1) is 10.2. The molecule has 1 aromatic carbocycles. The summed E-state index contributed by atoms with van der Waals surface area (Å²) in [5, 5.41) is 3.22. The molecule has 1 N–H and O–H groups in total. The van der Waals surface area contributed by atoms with E-state index >= 15 is 0 Å². The molecule has 0 aromatic heterocycles. The van der Waals surface area contributed by atoms with Crippen LogP contribution >= 0.6 is 0 Å². The molecule has 0 aliphatic carbocycles. The lowest BCUT2D eigenvalue weighted by atomic mass is 10.1. The number of amides is 1. The third-order valence-corrected chi connectivity index (χ3v) is 4.01. The maximum Gasteiger partial charge on any atom is 0.239 e. The molecule has 0 spiro atoms. The quantitative estimate of drug-likeness (QED) is 0.852. The minimum absolute atomic E-state index is 0.127. The monoisotopic (exact) mass is 292 g/mol. The summed E-state index contributed by atoms with van der Waals surface area (Å²) in [6.45, 7) is 1.42. The second-order valence-corrected chi connectivity index (χ2v) is 5.38. The number of ether oxygens (including phenoxy) is 2. The van der Waals surface area contributed by atoms with Gasteiger partial charge in [0.2, 0.25) is 5.91 Å². The van der Waals surface area contributed by atoms with Crippen LogP contribution in [0.3, 0.4) is 0 Å². The highest BCUT2D eigenvalue weighted by Crippen LogP contribution is 2.18. The molecule has 0 bridgehead atoms. The minimum atomic E-state index is -0.127. The van der Waals surface area contributed by atoms with Crippen molar-refractivity contribution in [2.75, 3.05) is 34.4 Å². The van der Waals surface area contributed by atoms with Gasteiger partial charge in [0, 0.05) is 27.2 Å². The number of carbonyl (C=O) groups is 1. The summed E-state index contributed by atoms with van der Waals surface area (Å²) in [5.41, 5.74) is 1.12. The smallest absolute Gasteiger partial charge is 0.239 e. The SMILES string of the molecule is COc1ccccc1CCN(C)C(=O)[C@@H]1C[C@H](OC)CN1. The number of para-hydroxylation sites is 1. The number of likely N-dealkylation sites (N-methyl/N-ethyl adjacent to an activating group) is 1. The highest BCUT2D eigenvalue weighted by atomic mass is 16.5. The highest BCUT2D eigenvalue weighted by molar-refractivity contribution is 5.82. The van der Waals surface area contributed by atoms with Gasteiger partial charge in [0.05, 0.1) is 19.3 Å². The van der Waals surface area contributed by atoms with E-state index in [9.17, 15) is 4.79 Å². The second kappa shape index (κ2) is 7.43. The Hall–Kier alpha value is -1.59. The van der Waals surface area contributed by atoms with Crippen LogP contribution in [0.25, 0.3) is 0 Å². The molecule has 1 aromatic rings. The number of hydrogen-bond donors (Lipinski definition) is 1. The Labute approximate surface area is 126 Å². The maximum atomic E-state index is 12.4. The zero-order valence-electron chi connectivity index (χ0n) is 13.0. The zero-order chi connectivity index (χ0) is 15.2. The van der Waals surface area contributed by atoms with E-state index in [1.54, 1.807) is 19.1 Å². The Kier molecular flexibility index (Phi) is 5.59. The van der Waals surface area contributed by atoms with Crippen LogP contribution in [-0.2, 0) is 16.0 Å². The van der Waals surface area contributed by atoms with E-state index in [2.05, 4.69) is 5.32 Å².